The molecule has 0 unspecified atom stereocenters. The van der Waals surface area contributed by atoms with E-state index in [1.807, 2.05) is 91.0 Å². The summed E-state index contributed by atoms with van der Waals surface area (Å²) in [5.74, 6) is 0.404. The van der Waals surface area contributed by atoms with Crippen LogP contribution in [0.4, 0.5) is 5.82 Å². The van der Waals surface area contributed by atoms with Gasteiger partial charge in [-0.3, -0.25) is 4.79 Å². The summed E-state index contributed by atoms with van der Waals surface area (Å²) in [6.45, 7) is 0. The fourth-order valence-electron chi connectivity index (χ4n) is 3.12. The molecule has 4 aromatic rings. The van der Waals surface area contributed by atoms with Crippen LogP contribution in [-0.4, -0.2) is 15.9 Å². The number of amides is 1. The second kappa shape index (κ2) is 8.93. The molecule has 29 heavy (non-hydrogen) atoms. The van der Waals surface area contributed by atoms with Crippen molar-refractivity contribution in [2.24, 2.45) is 0 Å². The SMILES string of the molecule is O=C(CCc1ccccc1)Nc1ncc(-c2ccccc2)nc1-c1ccccc1. The molecule has 0 saturated heterocycles. The number of nitrogens with one attached hydrogen (secondary N) is 1. The molecule has 4 heteroatoms. The van der Waals surface area contributed by atoms with Gasteiger partial charge in [-0.2, -0.15) is 0 Å². The Bertz CT molecular complexity index is 1080. The van der Waals surface area contributed by atoms with E-state index in [2.05, 4.69) is 10.3 Å². The molecule has 142 valence electrons. The minimum atomic E-state index is -0.0761. The zero-order valence-electron chi connectivity index (χ0n) is 16.0. The van der Waals surface area contributed by atoms with Crippen LogP contribution in [0.15, 0.2) is 97.2 Å². The van der Waals surface area contributed by atoms with E-state index in [-0.39, 0.29) is 5.91 Å². The van der Waals surface area contributed by atoms with Crippen molar-refractivity contribution >= 4 is 11.7 Å². The van der Waals surface area contributed by atoms with E-state index < -0.39 is 0 Å². The first kappa shape index (κ1) is 18.6. The third-order valence-corrected chi connectivity index (χ3v) is 4.63. The summed E-state index contributed by atoms with van der Waals surface area (Å²) in [5.41, 5.74) is 4.47. The molecule has 1 heterocycles. The van der Waals surface area contributed by atoms with Gasteiger partial charge in [-0.25, -0.2) is 9.97 Å². The normalized spacial score (nSPS) is 10.5. The van der Waals surface area contributed by atoms with Crippen molar-refractivity contribution in [2.75, 3.05) is 5.32 Å². The Labute approximate surface area is 170 Å². The van der Waals surface area contributed by atoms with Crippen molar-refractivity contribution in [2.45, 2.75) is 12.8 Å². The molecule has 1 aromatic heterocycles. The van der Waals surface area contributed by atoms with Gasteiger partial charge >= 0.3 is 0 Å². The summed E-state index contributed by atoms with van der Waals surface area (Å²) in [6, 6.07) is 29.7. The summed E-state index contributed by atoms with van der Waals surface area (Å²) >= 11 is 0. The van der Waals surface area contributed by atoms with E-state index in [0.717, 1.165) is 22.4 Å². The van der Waals surface area contributed by atoms with Crippen molar-refractivity contribution in [3.63, 3.8) is 0 Å². The van der Waals surface area contributed by atoms with Gasteiger partial charge in [-0.1, -0.05) is 91.0 Å². The Hall–Kier alpha value is -3.79. The summed E-state index contributed by atoms with van der Waals surface area (Å²) in [7, 11) is 0. The molecule has 4 rings (SSSR count). The quantitative estimate of drug-likeness (QED) is 0.489. The molecule has 1 N–H and O–H groups in total. The van der Waals surface area contributed by atoms with Gasteiger partial charge in [0.25, 0.3) is 0 Å². The molecule has 0 fully saturated rings. The molecular weight excluding hydrogens is 358 g/mol. The Balaban J connectivity index is 1.59. The summed E-state index contributed by atoms with van der Waals surface area (Å²) in [5, 5.41) is 2.95. The molecule has 4 nitrogen and oxygen atoms in total. The number of carbonyl (C=O) groups is 1. The highest BCUT2D eigenvalue weighted by Gasteiger charge is 2.14. The Morgan fingerprint density at radius 1 is 0.759 bits per heavy atom. The van der Waals surface area contributed by atoms with Gasteiger partial charge in [0, 0.05) is 17.5 Å². The Morgan fingerprint density at radius 2 is 1.34 bits per heavy atom. The van der Waals surface area contributed by atoms with Crippen molar-refractivity contribution in [3.8, 4) is 22.5 Å². The Morgan fingerprint density at radius 3 is 2.00 bits per heavy atom. The van der Waals surface area contributed by atoms with Crippen LogP contribution in [0.3, 0.4) is 0 Å². The van der Waals surface area contributed by atoms with Crippen LogP contribution >= 0.6 is 0 Å². The maximum absolute atomic E-state index is 12.5. The topological polar surface area (TPSA) is 54.9 Å². The minimum absolute atomic E-state index is 0.0761. The maximum Gasteiger partial charge on any atom is 0.225 e. The van der Waals surface area contributed by atoms with E-state index in [1.165, 1.54) is 0 Å². The van der Waals surface area contributed by atoms with Crippen LogP contribution in [0, 0.1) is 0 Å². The largest absolute Gasteiger partial charge is 0.309 e. The van der Waals surface area contributed by atoms with Crippen LogP contribution in [0.2, 0.25) is 0 Å². The predicted octanol–water partition coefficient (Wildman–Crippen LogP) is 5.38. The average Bonchev–Trinajstić information content (AvgIpc) is 2.80. The third kappa shape index (κ3) is 4.74. The Kier molecular flexibility index (Phi) is 5.72. The standard InChI is InChI=1S/C25H21N3O/c29-23(17-16-19-10-4-1-5-11-19)28-25-24(21-14-8-3-9-15-21)27-22(18-26-25)20-12-6-2-7-13-20/h1-15,18H,16-17H2,(H,26,28,29). The molecule has 0 aliphatic heterocycles. The van der Waals surface area contributed by atoms with Crippen molar-refractivity contribution in [3.05, 3.63) is 103 Å². The first-order chi connectivity index (χ1) is 14.3. The van der Waals surface area contributed by atoms with Crippen LogP contribution in [0.5, 0.6) is 0 Å². The lowest BCUT2D eigenvalue weighted by atomic mass is 10.1. The number of anilines is 1. The van der Waals surface area contributed by atoms with Crippen molar-refractivity contribution in [1.29, 1.82) is 0 Å². The lowest BCUT2D eigenvalue weighted by Crippen LogP contribution is -2.15. The number of rotatable bonds is 6. The van der Waals surface area contributed by atoms with E-state index in [9.17, 15) is 4.79 Å². The van der Waals surface area contributed by atoms with Gasteiger partial charge < -0.3 is 5.32 Å². The monoisotopic (exact) mass is 379 g/mol. The van der Waals surface area contributed by atoms with E-state index >= 15 is 0 Å². The number of carbonyl (C=O) groups excluding carboxylic acids is 1. The van der Waals surface area contributed by atoms with E-state index in [1.54, 1.807) is 6.20 Å². The second-order valence-corrected chi connectivity index (χ2v) is 6.72. The minimum Gasteiger partial charge on any atom is -0.309 e. The molecule has 0 atom stereocenters. The van der Waals surface area contributed by atoms with Crippen molar-refractivity contribution in [1.82, 2.24) is 9.97 Å². The van der Waals surface area contributed by atoms with Gasteiger partial charge in [0.05, 0.1) is 11.9 Å². The molecule has 3 aromatic carbocycles. The van der Waals surface area contributed by atoms with Gasteiger partial charge in [0.15, 0.2) is 5.82 Å². The number of aromatic nitrogens is 2. The molecule has 0 aliphatic carbocycles. The number of benzene rings is 3. The zero-order valence-corrected chi connectivity index (χ0v) is 16.0. The summed E-state index contributed by atoms with van der Waals surface area (Å²) in [6.07, 6.45) is 2.78. The highest BCUT2D eigenvalue weighted by atomic mass is 16.1. The highest BCUT2D eigenvalue weighted by Crippen LogP contribution is 2.27. The van der Waals surface area contributed by atoms with Crippen LogP contribution < -0.4 is 5.32 Å². The molecular formula is C25H21N3O. The molecule has 0 bridgehead atoms. The van der Waals surface area contributed by atoms with Gasteiger partial charge in [0.2, 0.25) is 5.91 Å². The molecule has 1 amide bonds. The van der Waals surface area contributed by atoms with E-state index in [0.29, 0.717) is 24.4 Å². The van der Waals surface area contributed by atoms with Crippen LogP contribution in [0.1, 0.15) is 12.0 Å². The number of nitrogens with zero attached hydrogens (tertiary/aromatic N) is 2. The van der Waals surface area contributed by atoms with Crippen LogP contribution in [0.25, 0.3) is 22.5 Å². The van der Waals surface area contributed by atoms with Crippen molar-refractivity contribution < 1.29 is 4.79 Å². The number of aryl methyl sites for hydroxylation is 1. The fourth-order valence-corrected chi connectivity index (χ4v) is 3.12. The lowest BCUT2D eigenvalue weighted by molar-refractivity contribution is -0.116. The predicted molar refractivity (Wildman–Crippen MR) is 116 cm³/mol. The smallest absolute Gasteiger partial charge is 0.225 e. The lowest BCUT2D eigenvalue weighted by Gasteiger charge is -2.12. The molecule has 0 saturated carbocycles. The first-order valence-electron chi connectivity index (χ1n) is 9.61. The molecule has 0 spiro atoms. The average molecular weight is 379 g/mol. The first-order valence-corrected chi connectivity index (χ1v) is 9.61. The zero-order chi connectivity index (χ0) is 19.9. The number of hydrogen-bond acceptors (Lipinski definition) is 3. The molecule has 0 aliphatic rings. The van der Waals surface area contributed by atoms with Gasteiger partial charge in [0.1, 0.15) is 5.69 Å². The summed E-state index contributed by atoms with van der Waals surface area (Å²) < 4.78 is 0. The number of hydrogen-bond donors (Lipinski definition) is 1. The summed E-state index contributed by atoms with van der Waals surface area (Å²) in [4.78, 5) is 21.9. The molecule has 0 radical (unpaired) electrons. The highest BCUT2D eigenvalue weighted by molar-refractivity contribution is 5.93. The van der Waals surface area contributed by atoms with Gasteiger partial charge in [-0.05, 0) is 12.0 Å². The van der Waals surface area contributed by atoms with E-state index in [4.69, 9.17) is 4.98 Å². The third-order valence-electron chi connectivity index (χ3n) is 4.63. The fraction of sp³-hybridized carbons (Fsp3) is 0.0800. The maximum atomic E-state index is 12.5. The van der Waals surface area contributed by atoms with Gasteiger partial charge in [-0.15, -0.1) is 0 Å². The second-order valence-electron chi connectivity index (χ2n) is 6.72. The van der Waals surface area contributed by atoms with Crippen LogP contribution in [-0.2, 0) is 11.2 Å².